The number of nitrogens with two attached hydrogens (primary N) is 1. The van der Waals surface area contributed by atoms with Crippen LogP contribution >= 0.6 is 23.2 Å². The summed E-state index contributed by atoms with van der Waals surface area (Å²) in [6.07, 6.45) is 0.543. The summed E-state index contributed by atoms with van der Waals surface area (Å²) in [7, 11) is 0. The van der Waals surface area contributed by atoms with Crippen LogP contribution in [-0.2, 0) is 6.42 Å². The molecule has 0 spiro atoms. The molecule has 0 saturated heterocycles. The van der Waals surface area contributed by atoms with Crippen LogP contribution < -0.4 is 5.73 Å². The van der Waals surface area contributed by atoms with Gasteiger partial charge in [0.15, 0.2) is 0 Å². The molecule has 0 bridgehead atoms. The van der Waals surface area contributed by atoms with Crippen molar-refractivity contribution < 1.29 is 4.39 Å². The van der Waals surface area contributed by atoms with Crippen LogP contribution in [0.4, 0.5) is 4.39 Å². The van der Waals surface area contributed by atoms with Gasteiger partial charge >= 0.3 is 0 Å². The summed E-state index contributed by atoms with van der Waals surface area (Å²) in [6.45, 7) is 0.448. The first kappa shape index (κ1) is 14.3. The third-order valence-electron chi connectivity index (χ3n) is 3.11. The van der Waals surface area contributed by atoms with Crippen LogP contribution in [-0.4, -0.2) is 6.54 Å². The fourth-order valence-corrected chi connectivity index (χ4v) is 2.31. The molecule has 1 atom stereocenters. The Morgan fingerprint density at radius 1 is 1.00 bits per heavy atom. The molecule has 1 unspecified atom stereocenters. The Hall–Kier alpha value is -1.09. The van der Waals surface area contributed by atoms with Crippen molar-refractivity contribution in [3.8, 4) is 0 Å². The Balaban J connectivity index is 2.21. The zero-order chi connectivity index (χ0) is 13.8. The van der Waals surface area contributed by atoms with Gasteiger partial charge in [-0.05, 0) is 48.4 Å². The maximum absolute atomic E-state index is 13.8. The minimum absolute atomic E-state index is 0.0629. The molecular weight excluding hydrogens is 284 g/mol. The molecule has 100 valence electrons. The highest BCUT2D eigenvalue weighted by molar-refractivity contribution is 6.30. The minimum Gasteiger partial charge on any atom is -0.330 e. The highest BCUT2D eigenvalue weighted by Gasteiger charge is 2.13. The predicted molar refractivity (Wildman–Crippen MR) is 78.4 cm³/mol. The number of hydrogen-bond acceptors (Lipinski definition) is 1. The summed E-state index contributed by atoms with van der Waals surface area (Å²) in [4.78, 5) is 0. The Labute approximate surface area is 122 Å². The van der Waals surface area contributed by atoms with E-state index in [1.54, 1.807) is 12.1 Å². The van der Waals surface area contributed by atoms with Crippen molar-refractivity contribution >= 4 is 23.2 Å². The lowest BCUT2D eigenvalue weighted by Crippen LogP contribution is -2.15. The maximum Gasteiger partial charge on any atom is 0.127 e. The monoisotopic (exact) mass is 297 g/mol. The molecule has 0 heterocycles. The van der Waals surface area contributed by atoms with E-state index in [9.17, 15) is 4.39 Å². The smallest absolute Gasteiger partial charge is 0.127 e. The highest BCUT2D eigenvalue weighted by Crippen LogP contribution is 2.24. The average molecular weight is 298 g/mol. The van der Waals surface area contributed by atoms with E-state index in [-0.39, 0.29) is 11.7 Å². The zero-order valence-electron chi connectivity index (χ0n) is 10.2. The second-order valence-electron chi connectivity index (χ2n) is 4.42. The molecule has 0 aliphatic carbocycles. The van der Waals surface area contributed by atoms with E-state index < -0.39 is 0 Å². The summed E-state index contributed by atoms with van der Waals surface area (Å²) < 4.78 is 13.8. The molecule has 4 heteroatoms. The van der Waals surface area contributed by atoms with Crippen LogP contribution in [0.5, 0.6) is 0 Å². The van der Waals surface area contributed by atoms with Crippen molar-refractivity contribution in [3.63, 3.8) is 0 Å². The van der Waals surface area contributed by atoms with Gasteiger partial charge in [0.05, 0.1) is 0 Å². The molecule has 0 aliphatic rings. The molecule has 0 radical (unpaired) electrons. The van der Waals surface area contributed by atoms with Crippen molar-refractivity contribution in [2.45, 2.75) is 12.3 Å². The Morgan fingerprint density at radius 3 is 2.21 bits per heavy atom. The molecule has 0 aromatic heterocycles. The summed E-state index contributed by atoms with van der Waals surface area (Å²) >= 11 is 11.6. The minimum atomic E-state index is -0.292. The average Bonchev–Trinajstić information content (AvgIpc) is 2.39. The predicted octanol–water partition coefficient (Wildman–Crippen LogP) is 4.42. The molecule has 2 aromatic carbocycles. The first-order chi connectivity index (χ1) is 9.10. The van der Waals surface area contributed by atoms with E-state index in [0.29, 0.717) is 28.6 Å². The van der Waals surface area contributed by atoms with Crippen molar-refractivity contribution in [1.29, 1.82) is 0 Å². The van der Waals surface area contributed by atoms with Crippen LogP contribution in [0.3, 0.4) is 0 Å². The van der Waals surface area contributed by atoms with Crippen molar-refractivity contribution in [2.24, 2.45) is 5.73 Å². The molecule has 0 amide bonds. The van der Waals surface area contributed by atoms with Gasteiger partial charge in [-0.15, -0.1) is 0 Å². The maximum atomic E-state index is 13.8. The van der Waals surface area contributed by atoms with Gasteiger partial charge in [0.2, 0.25) is 0 Å². The van der Waals surface area contributed by atoms with Gasteiger partial charge in [-0.1, -0.05) is 41.4 Å². The lowest BCUT2D eigenvalue weighted by molar-refractivity contribution is 0.590. The number of rotatable bonds is 4. The molecule has 0 saturated carbocycles. The zero-order valence-corrected chi connectivity index (χ0v) is 11.8. The van der Waals surface area contributed by atoms with E-state index >= 15 is 0 Å². The van der Waals surface area contributed by atoms with Gasteiger partial charge in [0.25, 0.3) is 0 Å². The summed E-state index contributed by atoms with van der Waals surface area (Å²) in [5.41, 5.74) is 7.47. The Bertz CT molecular complexity index is 555. The van der Waals surface area contributed by atoms with Gasteiger partial charge in [0, 0.05) is 16.0 Å². The first-order valence-electron chi connectivity index (χ1n) is 5.99. The molecule has 0 aliphatic heterocycles. The summed E-state index contributed by atoms with van der Waals surface area (Å²) in [5.74, 6) is -0.229. The van der Waals surface area contributed by atoms with Gasteiger partial charge in [-0.3, -0.25) is 0 Å². The molecule has 1 nitrogen and oxygen atoms in total. The van der Waals surface area contributed by atoms with Crippen molar-refractivity contribution in [3.05, 3.63) is 69.5 Å². The van der Waals surface area contributed by atoms with E-state index in [4.69, 9.17) is 28.9 Å². The van der Waals surface area contributed by atoms with Crippen LogP contribution in [0.2, 0.25) is 10.0 Å². The molecule has 2 rings (SSSR count). The van der Waals surface area contributed by atoms with Crippen LogP contribution in [0, 0.1) is 5.82 Å². The van der Waals surface area contributed by atoms with Gasteiger partial charge in [-0.2, -0.15) is 0 Å². The lowest BCUT2D eigenvalue weighted by Gasteiger charge is -2.16. The summed E-state index contributed by atoms with van der Waals surface area (Å²) in [5, 5.41) is 1.08. The SMILES string of the molecule is NCC(Cc1ccc(Cl)cc1F)c1ccc(Cl)cc1. The third-order valence-corrected chi connectivity index (χ3v) is 3.59. The fraction of sp³-hybridized carbons (Fsp3) is 0.200. The highest BCUT2D eigenvalue weighted by atomic mass is 35.5. The number of benzene rings is 2. The second kappa shape index (κ2) is 6.38. The summed E-state index contributed by atoms with van der Waals surface area (Å²) in [6, 6.07) is 12.2. The van der Waals surface area contributed by atoms with E-state index in [1.165, 1.54) is 6.07 Å². The molecule has 2 aromatic rings. The Morgan fingerprint density at radius 2 is 1.63 bits per heavy atom. The fourth-order valence-electron chi connectivity index (χ4n) is 2.02. The molecule has 0 fully saturated rings. The van der Waals surface area contributed by atoms with E-state index in [1.807, 2.05) is 24.3 Å². The largest absolute Gasteiger partial charge is 0.330 e. The van der Waals surface area contributed by atoms with E-state index in [2.05, 4.69) is 0 Å². The van der Waals surface area contributed by atoms with E-state index in [0.717, 1.165) is 5.56 Å². The standard InChI is InChI=1S/C15H14Cl2FN/c16-13-4-1-10(2-5-13)12(9-19)7-11-3-6-14(17)8-15(11)18/h1-6,8,12H,7,9,19H2. The molecule has 19 heavy (non-hydrogen) atoms. The topological polar surface area (TPSA) is 26.0 Å². The van der Waals surface area contributed by atoms with Gasteiger partial charge in [-0.25, -0.2) is 4.39 Å². The quantitative estimate of drug-likeness (QED) is 0.888. The van der Waals surface area contributed by atoms with Crippen LogP contribution in [0.1, 0.15) is 17.0 Å². The van der Waals surface area contributed by atoms with Crippen LogP contribution in [0.15, 0.2) is 42.5 Å². The van der Waals surface area contributed by atoms with Crippen LogP contribution in [0.25, 0.3) is 0 Å². The van der Waals surface area contributed by atoms with Gasteiger partial charge < -0.3 is 5.73 Å². The second-order valence-corrected chi connectivity index (χ2v) is 5.30. The first-order valence-corrected chi connectivity index (χ1v) is 6.75. The normalized spacial score (nSPS) is 12.4. The number of hydrogen-bond donors (Lipinski definition) is 1. The third kappa shape index (κ3) is 3.69. The van der Waals surface area contributed by atoms with Gasteiger partial charge in [0.1, 0.15) is 5.82 Å². The van der Waals surface area contributed by atoms with Crippen molar-refractivity contribution in [1.82, 2.24) is 0 Å². The number of halogens is 3. The Kier molecular flexibility index (Phi) is 4.81. The lowest BCUT2D eigenvalue weighted by atomic mass is 9.92. The molecular formula is C15H14Cl2FN. The van der Waals surface area contributed by atoms with Crippen molar-refractivity contribution in [2.75, 3.05) is 6.54 Å². The molecule has 2 N–H and O–H groups in total.